The molecule has 6 nitrogen and oxygen atoms in total. The molecule has 5 atom stereocenters. The van der Waals surface area contributed by atoms with E-state index in [0.717, 1.165) is 0 Å². The van der Waals surface area contributed by atoms with Crippen LogP contribution in [0.3, 0.4) is 0 Å². The molecule has 1 amide bonds. The Morgan fingerprint density at radius 1 is 1.13 bits per heavy atom. The number of nitriles is 1. The third kappa shape index (κ3) is 6.01. The number of carbonyl (C=O) groups excluding carboxylic acids is 2. The monoisotopic (exact) mass is 562 g/mol. The fraction of sp³-hybridized carbons (Fsp3) is 0.483. The number of benzene rings is 2. The van der Waals surface area contributed by atoms with Crippen LogP contribution in [0.1, 0.15) is 54.1 Å². The van der Waals surface area contributed by atoms with Crippen LogP contribution in [0.15, 0.2) is 42.5 Å². The number of ether oxygens (including phenoxy) is 2. The van der Waals surface area contributed by atoms with Gasteiger partial charge >= 0.3 is 12.1 Å². The van der Waals surface area contributed by atoms with Crippen LogP contribution in [0.2, 0.25) is 5.02 Å². The zero-order chi connectivity index (χ0) is 28.3. The Hall–Kier alpha value is -3.25. The van der Waals surface area contributed by atoms with Crippen LogP contribution in [0, 0.1) is 29.1 Å². The lowest BCUT2D eigenvalue weighted by Gasteiger charge is -2.51. The quantitative estimate of drug-likeness (QED) is 0.391. The normalized spacial score (nSPS) is 23.8. The van der Waals surface area contributed by atoms with Crippen LogP contribution in [-0.2, 0) is 16.0 Å². The summed E-state index contributed by atoms with van der Waals surface area (Å²) in [5, 5.41) is 9.71. The highest BCUT2D eigenvalue weighted by Crippen LogP contribution is 2.48. The maximum atomic E-state index is 14.3. The van der Waals surface area contributed by atoms with Crippen LogP contribution in [0.5, 0.6) is 5.75 Å². The Balaban J connectivity index is 1.53. The summed E-state index contributed by atoms with van der Waals surface area (Å²) in [6, 6.07) is 12.5. The van der Waals surface area contributed by atoms with Crippen LogP contribution in [-0.4, -0.2) is 48.8 Å². The van der Waals surface area contributed by atoms with Crippen molar-refractivity contribution in [2.75, 3.05) is 13.7 Å². The summed E-state index contributed by atoms with van der Waals surface area (Å²) in [5.74, 6) is -2.33. The van der Waals surface area contributed by atoms with Crippen molar-refractivity contribution >= 4 is 23.5 Å². The lowest BCUT2D eigenvalue weighted by Crippen LogP contribution is -2.56. The number of halogens is 4. The summed E-state index contributed by atoms with van der Waals surface area (Å²) < 4.78 is 53.2. The molecular weight excluding hydrogens is 533 g/mol. The van der Waals surface area contributed by atoms with Gasteiger partial charge in [-0.25, -0.2) is 4.79 Å². The van der Waals surface area contributed by atoms with Gasteiger partial charge in [-0.15, -0.1) is 0 Å². The van der Waals surface area contributed by atoms with Gasteiger partial charge in [0.25, 0.3) is 0 Å². The minimum atomic E-state index is -4.72. The van der Waals surface area contributed by atoms with E-state index < -0.39 is 24.2 Å². The van der Waals surface area contributed by atoms with E-state index in [9.17, 15) is 28.0 Å². The van der Waals surface area contributed by atoms with E-state index in [1.54, 1.807) is 35.2 Å². The molecule has 4 rings (SSSR count). The highest BCUT2D eigenvalue weighted by Gasteiger charge is 2.54. The SMILES string of the molecule is COc1ccc(C#N)c(CC(=O)N2CC[C@H]3[C@H]([C@@H](OC(=O)c4ccccc4)C(F)(F)F)CCC[C@@H]3[C@@H]2C)c1Cl. The molecule has 10 heteroatoms. The molecule has 1 aliphatic carbocycles. The van der Waals surface area contributed by atoms with Gasteiger partial charge in [0.15, 0.2) is 0 Å². The molecule has 0 radical (unpaired) electrons. The number of alkyl halides is 3. The maximum absolute atomic E-state index is 14.3. The molecule has 208 valence electrons. The van der Waals surface area contributed by atoms with E-state index in [1.807, 2.05) is 6.92 Å². The van der Waals surface area contributed by atoms with Crippen LogP contribution in [0.25, 0.3) is 0 Å². The highest BCUT2D eigenvalue weighted by molar-refractivity contribution is 6.33. The minimum Gasteiger partial charge on any atom is -0.495 e. The Morgan fingerprint density at radius 2 is 1.85 bits per heavy atom. The van der Waals surface area contributed by atoms with Crippen molar-refractivity contribution in [2.24, 2.45) is 17.8 Å². The van der Waals surface area contributed by atoms with Crippen molar-refractivity contribution in [3.63, 3.8) is 0 Å². The number of carbonyl (C=O) groups is 2. The molecule has 1 saturated carbocycles. The van der Waals surface area contributed by atoms with Crippen molar-refractivity contribution in [1.29, 1.82) is 5.26 Å². The Labute approximate surface area is 230 Å². The molecule has 0 unspecified atom stereocenters. The third-order valence-corrected chi connectivity index (χ3v) is 8.56. The topological polar surface area (TPSA) is 79.6 Å². The molecule has 0 bridgehead atoms. The number of methoxy groups -OCH3 is 1. The van der Waals surface area contributed by atoms with Crippen molar-refractivity contribution in [3.05, 3.63) is 64.2 Å². The molecule has 39 heavy (non-hydrogen) atoms. The average molecular weight is 563 g/mol. The second-order valence-electron chi connectivity index (χ2n) is 10.2. The molecule has 1 heterocycles. The molecule has 2 aliphatic rings. The van der Waals surface area contributed by atoms with Crippen molar-refractivity contribution in [3.8, 4) is 11.8 Å². The second-order valence-corrected chi connectivity index (χ2v) is 10.5. The van der Waals surface area contributed by atoms with Gasteiger partial charge in [-0.05, 0) is 62.3 Å². The van der Waals surface area contributed by atoms with Gasteiger partial charge < -0.3 is 14.4 Å². The largest absolute Gasteiger partial charge is 0.495 e. The lowest BCUT2D eigenvalue weighted by molar-refractivity contribution is -0.233. The van der Waals surface area contributed by atoms with Gasteiger partial charge in [-0.1, -0.05) is 36.2 Å². The average Bonchev–Trinajstić information content (AvgIpc) is 2.92. The first-order valence-corrected chi connectivity index (χ1v) is 13.3. The Bertz CT molecular complexity index is 1250. The maximum Gasteiger partial charge on any atom is 0.425 e. The number of amides is 1. The van der Waals surface area contributed by atoms with Gasteiger partial charge in [0.1, 0.15) is 5.75 Å². The summed E-state index contributed by atoms with van der Waals surface area (Å²) in [4.78, 5) is 27.7. The smallest absolute Gasteiger partial charge is 0.425 e. The highest BCUT2D eigenvalue weighted by atomic mass is 35.5. The second kappa shape index (κ2) is 11.9. The molecule has 1 aliphatic heterocycles. The predicted molar refractivity (Wildman–Crippen MR) is 138 cm³/mol. The fourth-order valence-electron chi connectivity index (χ4n) is 6.25. The molecule has 2 aromatic carbocycles. The first-order valence-electron chi connectivity index (χ1n) is 12.9. The molecular formula is C29H30ClF3N2O4. The molecule has 2 fully saturated rings. The number of rotatable bonds is 6. The lowest BCUT2D eigenvalue weighted by atomic mass is 9.64. The van der Waals surface area contributed by atoms with E-state index in [-0.39, 0.29) is 52.9 Å². The van der Waals surface area contributed by atoms with Gasteiger partial charge in [0, 0.05) is 24.1 Å². The third-order valence-electron chi connectivity index (χ3n) is 8.14. The van der Waals surface area contributed by atoms with Crippen LogP contribution in [0.4, 0.5) is 13.2 Å². The van der Waals surface area contributed by atoms with Gasteiger partial charge in [0.2, 0.25) is 12.0 Å². The first kappa shape index (κ1) is 28.8. The van der Waals surface area contributed by atoms with Crippen molar-refractivity contribution < 1.29 is 32.2 Å². The van der Waals surface area contributed by atoms with Crippen molar-refractivity contribution in [1.82, 2.24) is 4.90 Å². The van der Waals surface area contributed by atoms with E-state index in [4.69, 9.17) is 21.1 Å². The number of nitrogens with zero attached hydrogens (tertiary/aromatic N) is 2. The molecule has 0 spiro atoms. The standard InChI is InChI=1S/C29H30ClF3N2O4/c1-17-20-9-6-10-22(27(29(31,32)33)39-28(37)18-7-4-3-5-8-18)21(20)13-14-35(17)25(36)15-23-19(16-34)11-12-24(38-2)26(23)30/h3-5,7-8,11-12,17,20-22,27H,6,9-10,13-15H2,1-2H3/t17-,20+,21+,22+,27+/m0/s1. The Kier molecular flexibility index (Phi) is 8.75. The minimum absolute atomic E-state index is 0.0702. The summed E-state index contributed by atoms with van der Waals surface area (Å²) in [7, 11) is 1.44. The van der Waals surface area contributed by atoms with E-state index in [1.165, 1.54) is 19.2 Å². The summed E-state index contributed by atoms with van der Waals surface area (Å²) in [6.45, 7) is 2.12. The predicted octanol–water partition coefficient (Wildman–Crippen LogP) is 6.20. The number of piperidine rings is 1. The van der Waals surface area contributed by atoms with E-state index >= 15 is 0 Å². The number of esters is 1. The number of likely N-dealkylation sites (tertiary alicyclic amines) is 1. The van der Waals surface area contributed by atoms with Crippen LogP contribution >= 0.6 is 11.6 Å². The van der Waals surface area contributed by atoms with Gasteiger partial charge in [-0.2, -0.15) is 18.4 Å². The zero-order valence-electron chi connectivity index (χ0n) is 21.7. The van der Waals surface area contributed by atoms with Gasteiger partial charge in [0.05, 0.1) is 35.7 Å². The molecule has 2 aromatic rings. The zero-order valence-corrected chi connectivity index (χ0v) is 22.5. The summed E-state index contributed by atoms with van der Waals surface area (Å²) >= 11 is 6.41. The van der Waals surface area contributed by atoms with E-state index in [2.05, 4.69) is 6.07 Å². The van der Waals surface area contributed by atoms with E-state index in [0.29, 0.717) is 37.0 Å². The number of hydrogen-bond donors (Lipinski definition) is 0. The van der Waals surface area contributed by atoms with Crippen molar-refractivity contribution in [2.45, 2.75) is 57.3 Å². The number of fused-ring (bicyclic) bond motifs is 1. The fourth-order valence-corrected chi connectivity index (χ4v) is 6.56. The molecule has 0 N–H and O–H groups in total. The molecule has 1 saturated heterocycles. The van der Waals surface area contributed by atoms with Crippen LogP contribution < -0.4 is 4.74 Å². The summed E-state index contributed by atoms with van der Waals surface area (Å²) in [6.07, 6.45) is -5.20. The van der Waals surface area contributed by atoms with Gasteiger partial charge in [-0.3, -0.25) is 4.79 Å². The first-order chi connectivity index (χ1) is 18.6. The Morgan fingerprint density at radius 3 is 2.49 bits per heavy atom. The molecule has 0 aromatic heterocycles. The number of hydrogen-bond acceptors (Lipinski definition) is 5. The summed E-state index contributed by atoms with van der Waals surface area (Å²) in [5.41, 5.74) is 0.702.